The number of likely N-dealkylation sites (tertiary alicyclic amines) is 1. The largest absolute Gasteiger partial charge is 0.382 e. The van der Waals surface area contributed by atoms with Crippen LogP contribution in [-0.4, -0.2) is 75.9 Å². The maximum Gasteiger partial charge on any atom is 0.222 e. The van der Waals surface area contributed by atoms with Gasteiger partial charge in [0, 0.05) is 45.1 Å². The molecular formula is C17H35IN4O3. The molecule has 7 nitrogen and oxygen atoms in total. The van der Waals surface area contributed by atoms with Crippen molar-refractivity contribution >= 4 is 35.8 Å². The summed E-state index contributed by atoms with van der Waals surface area (Å²) >= 11 is 0. The number of nitrogens with one attached hydrogen (secondary N) is 2. The summed E-state index contributed by atoms with van der Waals surface area (Å²) in [6.07, 6.45) is 1.52. The number of ether oxygens (including phenoxy) is 2. The molecule has 1 atom stereocenters. The number of guanidine groups is 1. The van der Waals surface area contributed by atoms with Crippen LogP contribution in [0.5, 0.6) is 0 Å². The molecule has 1 unspecified atom stereocenters. The van der Waals surface area contributed by atoms with Gasteiger partial charge in [0.1, 0.15) is 0 Å². The van der Waals surface area contributed by atoms with Crippen molar-refractivity contribution < 1.29 is 14.3 Å². The summed E-state index contributed by atoms with van der Waals surface area (Å²) in [5.41, 5.74) is 0. The molecule has 0 spiro atoms. The normalized spacial score (nSPS) is 17.6. The zero-order chi connectivity index (χ0) is 17.8. The standard InChI is InChI=1S/C17H34N4O3.HI/c1-5-18-17(19-8-6-16(22)20-14(2)3)21-9-7-15(12-21)13-24-11-10-23-4;/h14-15H,5-13H2,1-4H3,(H,18,19)(H,20,22);1H. The Morgan fingerprint density at radius 2 is 2.12 bits per heavy atom. The van der Waals surface area contributed by atoms with Crippen LogP contribution in [0.2, 0.25) is 0 Å². The van der Waals surface area contributed by atoms with Crippen molar-refractivity contribution in [2.24, 2.45) is 10.9 Å². The lowest BCUT2D eigenvalue weighted by molar-refractivity contribution is -0.121. The number of rotatable bonds is 10. The Balaban J connectivity index is 0.00000576. The van der Waals surface area contributed by atoms with Crippen molar-refractivity contribution in [3.8, 4) is 0 Å². The smallest absolute Gasteiger partial charge is 0.222 e. The van der Waals surface area contributed by atoms with Crippen LogP contribution in [0.4, 0.5) is 0 Å². The van der Waals surface area contributed by atoms with E-state index >= 15 is 0 Å². The molecule has 2 N–H and O–H groups in total. The van der Waals surface area contributed by atoms with Gasteiger partial charge in [-0.2, -0.15) is 0 Å². The van der Waals surface area contributed by atoms with Gasteiger partial charge in [0.25, 0.3) is 0 Å². The second-order valence-electron chi connectivity index (χ2n) is 6.38. The predicted octanol–water partition coefficient (Wildman–Crippen LogP) is 1.47. The SMILES string of the molecule is CCNC(=NCCC(=O)NC(C)C)N1CCC(COCCOC)C1.I. The fourth-order valence-electron chi connectivity index (χ4n) is 2.64. The monoisotopic (exact) mass is 470 g/mol. The van der Waals surface area contributed by atoms with E-state index in [-0.39, 0.29) is 35.9 Å². The molecule has 148 valence electrons. The Labute approximate surface area is 169 Å². The molecule has 1 heterocycles. The van der Waals surface area contributed by atoms with Crippen LogP contribution in [0.25, 0.3) is 0 Å². The topological polar surface area (TPSA) is 75.2 Å². The third-order valence-corrected chi connectivity index (χ3v) is 3.76. The van der Waals surface area contributed by atoms with E-state index in [2.05, 4.69) is 27.4 Å². The molecule has 0 bridgehead atoms. The zero-order valence-corrected chi connectivity index (χ0v) is 18.4. The summed E-state index contributed by atoms with van der Waals surface area (Å²) in [5, 5.41) is 6.21. The molecular weight excluding hydrogens is 435 g/mol. The van der Waals surface area contributed by atoms with E-state index in [0.29, 0.717) is 32.1 Å². The van der Waals surface area contributed by atoms with Crippen molar-refractivity contribution in [3.63, 3.8) is 0 Å². The fraction of sp³-hybridized carbons (Fsp3) is 0.882. The van der Waals surface area contributed by atoms with Crippen molar-refractivity contribution in [1.82, 2.24) is 15.5 Å². The molecule has 1 aliphatic rings. The molecule has 0 aromatic heterocycles. The number of carbonyl (C=O) groups is 1. The minimum absolute atomic E-state index is 0. The lowest BCUT2D eigenvalue weighted by Gasteiger charge is -2.21. The minimum atomic E-state index is 0. The molecule has 1 rings (SSSR count). The van der Waals surface area contributed by atoms with Crippen molar-refractivity contribution in [2.45, 2.75) is 39.7 Å². The number of nitrogens with zero attached hydrogens (tertiary/aromatic N) is 2. The molecule has 25 heavy (non-hydrogen) atoms. The number of amides is 1. The van der Waals surface area contributed by atoms with E-state index in [9.17, 15) is 4.79 Å². The fourth-order valence-corrected chi connectivity index (χ4v) is 2.64. The quantitative estimate of drug-likeness (QED) is 0.219. The molecule has 1 saturated heterocycles. The third kappa shape index (κ3) is 10.9. The molecule has 0 aliphatic carbocycles. The summed E-state index contributed by atoms with van der Waals surface area (Å²) in [6, 6.07) is 0.173. The molecule has 0 aromatic rings. The molecule has 1 amide bonds. The van der Waals surface area contributed by atoms with Crippen molar-refractivity contribution in [3.05, 3.63) is 0 Å². The predicted molar refractivity (Wildman–Crippen MR) is 112 cm³/mol. The Hall–Kier alpha value is -0.610. The van der Waals surface area contributed by atoms with Gasteiger partial charge in [0.05, 0.1) is 26.4 Å². The van der Waals surface area contributed by atoms with Gasteiger partial charge in [-0.25, -0.2) is 0 Å². The molecule has 8 heteroatoms. The van der Waals surface area contributed by atoms with Gasteiger partial charge in [-0.1, -0.05) is 0 Å². The van der Waals surface area contributed by atoms with E-state index in [1.165, 1.54) is 0 Å². The maximum absolute atomic E-state index is 11.7. The molecule has 1 fully saturated rings. The second-order valence-corrected chi connectivity index (χ2v) is 6.38. The van der Waals surface area contributed by atoms with E-state index < -0.39 is 0 Å². The molecule has 0 saturated carbocycles. The Morgan fingerprint density at radius 1 is 1.36 bits per heavy atom. The maximum atomic E-state index is 11.7. The molecule has 0 radical (unpaired) electrons. The summed E-state index contributed by atoms with van der Waals surface area (Å²) in [7, 11) is 1.68. The van der Waals surface area contributed by atoms with Crippen LogP contribution in [0, 0.1) is 5.92 Å². The number of hydrogen-bond donors (Lipinski definition) is 2. The number of halogens is 1. The Morgan fingerprint density at radius 3 is 2.76 bits per heavy atom. The minimum Gasteiger partial charge on any atom is -0.382 e. The highest BCUT2D eigenvalue weighted by atomic mass is 127. The van der Waals surface area contributed by atoms with E-state index in [4.69, 9.17) is 9.47 Å². The van der Waals surface area contributed by atoms with Crippen LogP contribution in [0.1, 0.15) is 33.6 Å². The third-order valence-electron chi connectivity index (χ3n) is 3.76. The van der Waals surface area contributed by atoms with E-state index in [1.807, 2.05) is 13.8 Å². The van der Waals surface area contributed by atoms with Crippen molar-refractivity contribution in [2.75, 3.05) is 53.1 Å². The van der Waals surface area contributed by atoms with Crippen LogP contribution < -0.4 is 10.6 Å². The van der Waals surface area contributed by atoms with Gasteiger partial charge in [-0.3, -0.25) is 9.79 Å². The first-order valence-electron chi connectivity index (χ1n) is 8.96. The molecule has 0 aromatic carbocycles. The van der Waals surface area contributed by atoms with Crippen LogP contribution >= 0.6 is 24.0 Å². The van der Waals surface area contributed by atoms with Crippen molar-refractivity contribution in [1.29, 1.82) is 0 Å². The van der Waals surface area contributed by atoms with Gasteiger partial charge in [0.2, 0.25) is 5.91 Å². The summed E-state index contributed by atoms with van der Waals surface area (Å²) in [4.78, 5) is 18.6. The summed E-state index contributed by atoms with van der Waals surface area (Å²) < 4.78 is 10.6. The Kier molecular flexibility index (Phi) is 14.2. The average Bonchev–Trinajstić information content (AvgIpc) is 2.99. The first kappa shape index (κ1) is 24.4. The summed E-state index contributed by atoms with van der Waals surface area (Å²) in [5.74, 6) is 1.47. The lowest BCUT2D eigenvalue weighted by Crippen LogP contribution is -2.40. The highest BCUT2D eigenvalue weighted by molar-refractivity contribution is 14.0. The average molecular weight is 470 g/mol. The lowest BCUT2D eigenvalue weighted by atomic mass is 10.1. The first-order valence-corrected chi connectivity index (χ1v) is 8.96. The van der Waals surface area contributed by atoms with E-state index in [1.54, 1.807) is 7.11 Å². The number of carbonyl (C=O) groups excluding carboxylic acids is 1. The number of methoxy groups -OCH3 is 1. The number of aliphatic imine (C=N–C) groups is 1. The first-order chi connectivity index (χ1) is 11.6. The van der Waals surface area contributed by atoms with Crippen LogP contribution in [0.15, 0.2) is 4.99 Å². The van der Waals surface area contributed by atoms with Gasteiger partial charge < -0.3 is 25.0 Å². The van der Waals surface area contributed by atoms with Crippen LogP contribution in [-0.2, 0) is 14.3 Å². The molecule has 1 aliphatic heterocycles. The highest BCUT2D eigenvalue weighted by Crippen LogP contribution is 2.16. The van der Waals surface area contributed by atoms with Gasteiger partial charge in [0.15, 0.2) is 5.96 Å². The van der Waals surface area contributed by atoms with Gasteiger partial charge in [-0.15, -0.1) is 24.0 Å². The van der Waals surface area contributed by atoms with Crippen LogP contribution in [0.3, 0.4) is 0 Å². The van der Waals surface area contributed by atoms with Gasteiger partial charge >= 0.3 is 0 Å². The number of hydrogen-bond acceptors (Lipinski definition) is 4. The Bertz CT molecular complexity index is 394. The summed E-state index contributed by atoms with van der Waals surface area (Å²) in [6.45, 7) is 11.3. The van der Waals surface area contributed by atoms with E-state index in [0.717, 1.165) is 38.6 Å². The zero-order valence-electron chi connectivity index (χ0n) is 16.0. The highest BCUT2D eigenvalue weighted by Gasteiger charge is 2.24. The van der Waals surface area contributed by atoms with Gasteiger partial charge in [-0.05, 0) is 27.2 Å². The second kappa shape index (κ2) is 14.5.